The molecule has 5 nitrogen and oxygen atoms in total. The zero-order chi connectivity index (χ0) is 21.8. The third-order valence-electron chi connectivity index (χ3n) is 5.89. The molecule has 1 aromatic heterocycles. The molecule has 0 saturated carbocycles. The van der Waals surface area contributed by atoms with Crippen LogP contribution in [0.1, 0.15) is 25.3 Å². The lowest BCUT2D eigenvalue weighted by Gasteiger charge is -2.30. The number of nitrogens with one attached hydrogen (secondary N) is 1. The van der Waals surface area contributed by atoms with Gasteiger partial charge in [0.25, 0.3) is 0 Å². The van der Waals surface area contributed by atoms with Crippen LogP contribution in [0.5, 0.6) is 0 Å². The Hall–Kier alpha value is -2.73. The Bertz CT molecular complexity index is 1070. The lowest BCUT2D eigenvalue weighted by Crippen LogP contribution is -2.39. The second-order valence-corrected chi connectivity index (χ2v) is 9.42. The summed E-state index contributed by atoms with van der Waals surface area (Å²) in [6.07, 6.45) is 4.17. The summed E-state index contributed by atoms with van der Waals surface area (Å²) < 4.78 is 2.02. The standard InChI is InChI=1S/C25H29N3O2S/c1-18-7-9-20(10-8-18)26-24(29)17-31-23-15-28(22-6-4-3-5-21(22)23)16-25(30)27-13-11-19(2)12-14-27/h3-10,15,19H,11-14,16-17H2,1-2H3,(H,26,29). The average Bonchev–Trinajstić information content (AvgIpc) is 3.12. The maximum atomic E-state index is 12.9. The number of anilines is 1. The highest BCUT2D eigenvalue weighted by molar-refractivity contribution is 8.00. The normalized spacial score (nSPS) is 14.7. The fourth-order valence-corrected chi connectivity index (χ4v) is 4.83. The summed E-state index contributed by atoms with van der Waals surface area (Å²) >= 11 is 1.51. The molecule has 2 amide bonds. The maximum absolute atomic E-state index is 12.9. The smallest absolute Gasteiger partial charge is 0.242 e. The highest BCUT2D eigenvalue weighted by Gasteiger charge is 2.21. The molecule has 3 aromatic rings. The highest BCUT2D eigenvalue weighted by atomic mass is 32.2. The number of benzene rings is 2. The van der Waals surface area contributed by atoms with Crippen LogP contribution in [-0.2, 0) is 16.1 Å². The fourth-order valence-electron chi connectivity index (χ4n) is 3.94. The van der Waals surface area contributed by atoms with E-state index in [2.05, 4.69) is 18.3 Å². The molecule has 1 aliphatic heterocycles. The topological polar surface area (TPSA) is 54.3 Å². The van der Waals surface area contributed by atoms with E-state index in [1.807, 2.05) is 65.1 Å². The Kier molecular flexibility index (Phi) is 6.66. The van der Waals surface area contributed by atoms with Crippen molar-refractivity contribution in [2.75, 3.05) is 24.2 Å². The number of nitrogens with zero attached hydrogens (tertiary/aromatic N) is 2. The molecule has 4 rings (SSSR count). The van der Waals surface area contributed by atoms with Gasteiger partial charge in [0.05, 0.1) is 5.75 Å². The zero-order valence-electron chi connectivity index (χ0n) is 18.1. The number of carbonyl (C=O) groups is 2. The summed E-state index contributed by atoms with van der Waals surface area (Å²) in [7, 11) is 0. The van der Waals surface area contributed by atoms with E-state index in [0.29, 0.717) is 18.2 Å². The molecular formula is C25H29N3O2S. The van der Waals surface area contributed by atoms with Gasteiger partial charge in [0.1, 0.15) is 6.54 Å². The number of rotatable bonds is 6. The van der Waals surface area contributed by atoms with Crippen LogP contribution in [0.2, 0.25) is 0 Å². The van der Waals surface area contributed by atoms with Crippen LogP contribution in [0, 0.1) is 12.8 Å². The number of aryl methyl sites for hydroxylation is 1. The van der Waals surface area contributed by atoms with Crippen molar-refractivity contribution < 1.29 is 9.59 Å². The molecule has 1 saturated heterocycles. The Labute approximate surface area is 187 Å². The molecule has 31 heavy (non-hydrogen) atoms. The van der Waals surface area contributed by atoms with Gasteiger partial charge in [-0.05, 0) is 43.9 Å². The first-order valence-corrected chi connectivity index (χ1v) is 11.8. The van der Waals surface area contributed by atoms with Gasteiger partial charge in [0.2, 0.25) is 11.8 Å². The molecule has 1 fully saturated rings. The molecule has 2 heterocycles. The van der Waals surface area contributed by atoms with Crippen LogP contribution in [0.25, 0.3) is 10.9 Å². The average molecular weight is 436 g/mol. The van der Waals surface area contributed by atoms with Crippen molar-refractivity contribution in [3.63, 3.8) is 0 Å². The lowest BCUT2D eigenvalue weighted by molar-refractivity contribution is -0.133. The third kappa shape index (κ3) is 5.31. The first kappa shape index (κ1) is 21.5. The first-order chi connectivity index (χ1) is 15.0. The maximum Gasteiger partial charge on any atom is 0.242 e. The Balaban J connectivity index is 1.43. The first-order valence-electron chi connectivity index (χ1n) is 10.8. The van der Waals surface area contributed by atoms with Crippen LogP contribution in [0.4, 0.5) is 5.69 Å². The molecule has 0 spiro atoms. The van der Waals surface area contributed by atoms with E-state index in [9.17, 15) is 9.59 Å². The van der Waals surface area contributed by atoms with E-state index in [4.69, 9.17) is 0 Å². The number of fused-ring (bicyclic) bond motifs is 1. The molecule has 2 aromatic carbocycles. The van der Waals surface area contributed by atoms with Crippen LogP contribution >= 0.6 is 11.8 Å². The van der Waals surface area contributed by atoms with E-state index in [0.717, 1.165) is 53.0 Å². The zero-order valence-corrected chi connectivity index (χ0v) is 19.0. The number of hydrogen-bond acceptors (Lipinski definition) is 3. The Morgan fingerprint density at radius 1 is 1.06 bits per heavy atom. The SMILES string of the molecule is Cc1ccc(NC(=O)CSc2cn(CC(=O)N3CCC(C)CC3)c3ccccc23)cc1. The van der Waals surface area contributed by atoms with Crippen LogP contribution in [0.15, 0.2) is 59.6 Å². The van der Waals surface area contributed by atoms with Crippen molar-refractivity contribution in [2.24, 2.45) is 5.92 Å². The Morgan fingerprint density at radius 3 is 2.52 bits per heavy atom. The molecule has 0 aliphatic carbocycles. The van der Waals surface area contributed by atoms with Crippen molar-refractivity contribution in [1.29, 1.82) is 0 Å². The van der Waals surface area contributed by atoms with E-state index in [-0.39, 0.29) is 11.8 Å². The summed E-state index contributed by atoms with van der Waals surface area (Å²) in [6.45, 7) is 6.30. The number of thioether (sulfide) groups is 1. The second kappa shape index (κ2) is 9.60. The van der Waals surface area contributed by atoms with Crippen LogP contribution in [0.3, 0.4) is 0 Å². The summed E-state index contributed by atoms with van der Waals surface area (Å²) in [5, 5.41) is 4.03. The molecule has 0 atom stereocenters. The highest BCUT2D eigenvalue weighted by Crippen LogP contribution is 2.30. The number of amides is 2. The van der Waals surface area contributed by atoms with E-state index < -0.39 is 0 Å². The summed E-state index contributed by atoms with van der Waals surface area (Å²) in [5.74, 6) is 1.15. The van der Waals surface area contributed by atoms with Gasteiger partial charge in [-0.2, -0.15) is 0 Å². The fraction of sp³-hybridized carbons (Fsp3) is 0.360. The van der Waals surface area contributed by atoms with E-state index in [1.165, 1.54) is 11.8 Å². The second-order valence-electron chi connectivity index (χ2n) is 8.40. The van der Waals surface area contributed by atoms with Crippen LogP contribution in [-0.4, -0.2) is 40.1 Å². The molecule has 0 bridgehead atoms. The predicted molar refractivity (Wildman–Crippen MR) is 127 cm³/mol. The Morgan fingerprint density at radius 2 is 1.77 bits per heavy atom. The molecule has 1 aliphatic rings. The summed E-state index contributed by atoms with van der Waals surface area (Å²) in [5.41, 5.74) is 3.00. The predicted octanol–water partition coefficient (Wildman–Crippen LogP) is 4.94. The van der Waals surface area contributed by atoms with Gasteiger partial charge in [0, 0.05) is 40.8 Å². The quantitative estimate of drug-likeness (QED) is 0.558. The van der Waals surface area contributed by atoms with Crippen molar-refractivity contribution in [1.82, 2.24) is 9.47 Å². The van der Waals surface area contributed by atoms with Crippen molar-refractivity contribution >= 4 is 40.2 Å². The number of aromatic nitrogens is 1. The minimum atomic E-state index is -0.0378. The van der Waals surface area contributed by atoms with Crippen molar-refractivity contribution in [3.05, 3.63) is 60.3 Å². The number of para-hydroxylation sites is 1. The van der Waals surface area contributed by atoms with Gasteiger partial charge < -0.3 is 14.8 Å². The number of piperidine rings is 1. The monoisotopic (exact) mass is 435 g/mol. The molecule has 162 valence electrons. The number of carbonyl (C=O) groups excluding carboxylic acids is 2. The van der Waals surface area contributed by atoms with Crippen molar-refractivity contribution in [3.8, 4) is 0 Å². The number of hydrogen-bond donors (Lipinski definition) is 1. The van der Waals surface area contributed by atoms with Gasteiger partial charge in [-0.1, -0.05) is 42.8 Å². The van der Waals surface area contributed by atoms with E-state index in [1.54, 1.807) is 0 Å². The summed E-state index contributed by atoms with van der Waals surface area (Å²) in [4.78, 5) is 28.3. The largest absolute Gasteiger partial charge is 0.341 e. The molecule has 6 heteroatoms. The van der Waals surface area contributed by atoms with Gasteiger partial charge >= 0.3 is 0 Å². The minimum Gasteiger partial charge on any atom is -0.341 e. The van der Waals surface area contributed by atoms with Crippen LogP contribution < -0.4 is 5.32 Å². The lowest BCUT2D eigenvalue weighted by atomic mass is 9.99. The number of likely N-dealkylation sites (tertiary alicyclic amines) is 1. The minimum absolute atomic E-state index is 0.0378. The third-order valence-corrected chi connectivity index (χ3v) is 6.93. The summed E-state index contributed by atoms with van der Waals surface area (Å²) in [6, 6.07) is 15.9. The molecular weight excluding hydrogens is 406 g/mol. The molecule has 0 unspecified atom stereocenters. The van der Waals surface area contributed by atoms with Gasteiger partial charge in [-0.15, -0.1) is 11.8 Å². The molecule has 0 radical (unpaired) electrons. The van der Waals surface area contributed by atoms with Gasteiger partial charge in [-0.25, -0.2) is 0 Å². The van der Waals surface area contributed by atoms with Gasteiger partial charge in [0.15, 0.2) is 0 Å². The van der Waals surface area contributed by atoms with Gasteiger partial charge in [-0.3, -0.25) is 9.59 Å². The molecule has 1 N–H and O–H groups in total. The van der Waals surface area contributed by atoms with Crippen molar-refractivity contribution in [2.45, 2.75) is 38.1 Å². The van der Waals surface area contributed by atoms with E-state index >= 15 is 0 Å².